The zero-order valence-corrected chi connectivity index (χ0v) is 10.2. The van der Waals surface area contributed by atoms with Gasteiger partial charge >= 0.3 is 0 Å². The molecule has 0 bridgehead atoms. The second-order valence-corrected chi connectivity index (χ2v) is 5.80. The van der Waals surface area contributed by atoms with Gasteiger partial charge in [-0.2, -0.15) is 5.10 Å². The molecule has 4 rings (SSSR count). The molecule has 1 N–H and O–H groups in total. The summed E-state index contributed by atoms with van der Waals surface area (Å²) in [6.07, 6.45) is 2.87. The zero-order valence-electron chi connectivity index (χ0n) is 10.2. The van der Waals surface area contributed by atoms with Crippen molar-refractivity contribution in [2.24, 2.45) is 23.7 Å². The number of ether oxygens (including phenoxy) is 1. The molecule has 0 radical (unpaired) electrons. The Morgan fingerprint density at radius 2 is 2.28 bits per heavy atom. The Morgan fingerprint density at radius 1 is 1.33 bits per heavy atom. The smallest absolute Gasteiger partial charge is 0.271 e. The van der Waals surface area contributed by atoms with Crippen LogP contribution in [0.2, 0.25) is 0 Å². The van der Waals surface area contributed by atoms with Crippen LogP contribution in [0.5, 0.6) is 0 Å². The van der Waals surface area contributed by atoms with Crippen LogP contribution < -0.4 is 0 Å². The quantitative estimate of drug-likeness (QED) is 0.797. The molecular weight excluding hydrogens is 230 g/mol. The molecule has 1 aliphatic carbocycles. The molecular formula is C13H17N3O2. The van der Waals surface area contributed by atoms with Crippen LogP contribution in [-0.2, 0) is 4.74 Å². The number of H-pyrrole nitrogens is 1. The number of aromatic amines is 1. The van der Waals surface area contributed by atoms with E-state index in [1.807, 2.05) is 4.90 Å². The van der Waals surface area contributed by atoms with E-state index in [0.29, 0.717) is 23.4 Å². The van der Waals surface area contributed by atoms with E-state index >= 15 is 0 Å². The van der Waals surface area contributed by atoms with Crippen molar-refractivity contribution in [2.45, 2.75) is 6.42 Å². The minimum atomic E-state index is 0.0948. The van der Waals surface area contributed by atoms with Crippen LogP contribution in [-0.4, -0.2) is 47.3 Å². The molecule has 1 saturated carbocycles. The zero-order chi connectivity index (χ0) is 12.1. The Balaban J connectivity index is 1.50. The van der Waals surface area contributed by atoms with Crippen LogP contribution >= 0.6 is 0 Å². The van der Waals surface area contributed by atoms with Crippen LogP contribution in [0.15, 0.2) is 12.3 Å². The van der Waals surface area contributed by atoms with E-state index < -0.39 is 0 Å². The average molecular weight is 247 g/mol. The van der Waals surface area contributed by atoms with Crippen molar-refractivity contribution in [3.63, 3.8) is 0 Å². The second-order valence-electron chi connectivity index (χ2n) is 5.80. The van der Waals surface area contributed by atoms with Crippen molar-refractivity contribution in [1.82, 2.24) is 15.1 Å². The van der Waals surface area contributed by atoms with E-state index in [0.717, 1.165) is 32.2 Å². The van der Waals surface area contributed by atoms with Crippen molar-refractivity contribution < 1.29 is 9.53 Å². The molecule has 0 unspecified atom stereocenters. The monoisotopic (exact) mass is 247 g/mol. The molecule has 3 heterocycles. The molecule has 5 heteroatoms. The summed E-state index contributed by atoms with van der Waals surface area (Å²) in [5.74, 6) is 2.89. The van der Waals surface area contributed by atoms with Gasteiger partial charge in [0.25, 0.3) is 5.91 Å². The van der Waals surface area contributed by atoms with Crippen molar-refractivity contribution >= 4 is 5.91 Å². The number of aromatic nitrogens is 2. The summed E-state index contributed by atoms with van der Waals surface area (Å²) in [6.45, 7) is 3.65. The number of hydrogen-bond acceptors (Lipinski definition) is 3. The van der Waals surface area contributed by atoms with Gasteiger partial charge in [0, 0.05) is 25.9 Å². The molecule has 2 saturated heterocycles. The first-order valence-electron chi connectivity index (χ1n) is 6.69. The lowest BCUT2D eigenvalue weighted by Gasteiger charge is -2.19. The van der Waals surface area contributed by atoms with Crippen LogP contribution in [0.3, 0.4) is 0 Å². The van der Waals surface area contributed by atoms with E-state index in [2.05, 4.69) is 10.2 Å². The van der Waals surface area contributed by atoms with E-state index in [1.165, 1.54) is 6.42 Å². The van der Waals surface area contributed by atoms with E-state index in [4.69, 9.17) is 4.74 Å². The fourth-order valence-electron chi connectivity index (χ4n) is 4.06. The van der Waals surface area contributed by atoms with Crippen molar-refractivity contribution in [1.29, 1.82) is 0 Å². The molecule has 0 aromatic carbocycles. The SMILES string of the molecule is O=C(c1ccn[nH]1)N1C[C@@H]2C[C@@H]3COC[C@@H]3[C@@H]2C1. The molecule has 2 aliphatic heterocycles. The summed E-state index contributed by atoms with van der Waals surface area (Å²) < 4.78 is 5.57. The van der Waals surface area contributed by atoms with Crippen molar-refractivity contribution in [2.75, 3.05) is 26.3 Å². The van der Waals surface area contributed by atoms with Gasteiger partial charge in [0.05, 0.1) is 6.61 Å². The summed E-state index contributed by atoms with van der Waals surface area (Å²) in [4.78, 5) is 14.2. The van der Waals surface area contributed by atoms with Gasteiger partial charge in [-0.25, -0.2) is 0 Å². The minimum Gasteiger partial charge on any atom is -0.381 e. The van der Waals surface area contributed by atoms with Crippen molar-refractivity contribution in [3.05, 3.63) is 18.0 Å². The number of likely N-dealkylation sites (tertiary alicyclic amines) is 1. The topological polar surface area (TPSA) is 58.2 Å². The van der Waals surface area contributed by atoms with Crippen LogP contribution in [0.1, 0.15) is 16.9 Å². The summed E-state index contributed by atoms with van der Waals surface area (Å²) in [5, 5.41) is 6.61. The third-order valence-electron chi connectivity index (χ3n) is 4.91. The highest BCUT2D eigenvalue weighted by molar-refractivity contribution is 5.92. The Hall–Kier alpha value is -1.36. The number of hydrogen-bond donors (Lipinski definition) is 1. The maximum Gasteiger partial charge on any atom is 0.271 e. The minimum absolute atomic E-state index is 0.0948. The molecule has 4 atom stereocenters. The first-order chi connectivity index (χ1) is 8.83. The highest BCUT2D eigenvalue weighted by atomic mass is 16.5. The maximum absolute atomic E-state index is 12.3. The maximum atomic E-state index is 12.3. The van der Waals surface area contributed by atoms with Gasteiger partial charge in [-0.15, -0.1) is 0 Å². The van der Waals surface area contributed by atoms with Crippen molar-refractivity contribution in [3.8, 4) is 0 Å². The van der Waals surface area contributed by atoms with E-state index in [1.54, 1.807) is 12.3 Å². The molecule has 18 heavy (non-hydrogen) atoms. The predicted octanol–water partition coefficient (Wildman–Crippen LogP) is 0.764. The fourth-order valence-corrected chi connectivity index (χ4v) is 4.06. The highest BCUT2D eigenvalue weighted by Gasteiger charge is 2.51. The third-order valence-corrected chi connectivity index (χ3v) is 4.91. The summed E-state index contributed by atoms with van der Waals surface area (Å²) in [7, 11) is 0. The fraction of sp³-hybridized carbons (Fsp3) is 0.692. The van der Waals surface area contributed by atoms with Crippen LogP contribution in [0, 0.1) is 23.7 Å². The number of carbonyl (C=O) groups is 1. The van der Waals surface area contributed by atoms with Gasteiger partial charge in [0.15, 0.2) is 0 Å². The van der Waals surface area contributed by atoms with Crippen LogP contribution in [0.4, 0.5) is 0 Å². The highest BCUT2D eigenvalue weighted by Crippen LogP contribution is 2.48. The lowest BCUT2D eigenvalue weighted by atomic mass is 9.91. The number of nitrogens with one attached hydrogen (secondary N) is 1. The molecule has 1 aromatic rings. The third kappa shape index (κ3) is 1.43. The lowest BCUT2D eigenvalue weighted by Crippen LogP contribution is -2.31. The Kier molecular flexibility index (Phi) is 2.24. The van der Waals surface area contributed by atoms with E-state index in [9.17, 15) is 4.79 Å². The van der Waals surface area contributed by atoms with Gasteiger partial charge in [-0.1, -0.05) is 0 Å². The number of fused-ring (bicyclic) bond motifs is 3. The molecule has 1 amide bonds. The Morgan fingerprint density at radius 3 is 3.11 bits per heavy atom. The van der Waals surface area contributed by atoms with Crippen LogP contribution in [0.25, 0.3) is 0 Å². The van der Waals surface area contributed by atoms with Gasteiger partial charge < -0.3 is 9.64 Å². The predicted molar refractivity (Wildman–Crippen MR) is 63.9 cm³/mol. The Labute approximate surface area is 105 Å². The number of nitrogens with zero attached hydrogens (tertiary/aromatic N) is 2. The Bertz CT molecular complexity index is 459. The largest absolute Gasteiger partial charge is 0.381 e. The van der Waals surface area contributed by atoms with E-state index in [-0.39, 0.29) is 5.91 Å². The standard InChI is InChI=1S/C13H17N3O2/c17-13(12-1-2-14-15-12)16-4-8-3-9-6-18-7-11(9)10(8)5-16/h1-2,8-11H,3-7H2,(H,14,15)/t8-,9+,10+,11-/m0/s1. The molecule has 5 nitrogen and oxygen atoms in total. The summed E-state index contributed by atoms with van der Waals surface area (Å²) >= 11 is 0. The first kappa shape index (κ1) is 10.6. The second kappa shape index (κ2) is 3.82. The van der Waals surface area contributed by atoms with Gasteiger partial charge in [-0.3, -0.25) is 9.89 Å². The molecule has 96 valence electrons. The summed E-state index contributed by atoms with van der Waals surface area (Å²) in [6, 6.07) is 1.75. The molecule has 0 spiro atoms. The lowest BCUT2D eigenvalue weighted by molar-refractivity contribution is 0.0768. The number of carbonyl (C=O) groups excluding carboxylic acids is 1. The number of amides is 1. The first-order valence-corrected chi connectivity index (χ1v) is 6.69. The van der Waals surface area contributed by atoms with Gasteiger partial charge in [-0.05, 0) is 36.2 Å². The molecule has 3 aliphatic rings. The normalized spacial score (nSPS) is 37.9. The van der Waals surface area contributed by atoms with Gasteiger partial charge in [0.1, 0.15) is 5.69 Å². The summed E-state index contributed by atoms with van der Waals surface area (Å²) in [5.41, 5.74) is 0.606. The number of rotatable bonds is 1. The molecule has 3 fully saturated rings. The van der Waals surface area contributed by atoms with Gasteiger partial charge in [0.2, 0.25) is 0 Å². The molecule has 1 aromatic heterocycles. The average Bonchev–Trinajstić information content (AvgIpc) is 3.09.